The lowest BCUT2D eigenvalue weighted by Gasteiger charge is -2.26. The highest BCUT2D eigenvalue weighted by atomic mass is 15.1. The van der Waals surface area contributed by atoms with E-state index in [4.69, 9.17) is 4.99 Å². The van der Waals surface area contributed by atoms with Crippen LogP contribution in [0.25, 0.3) is 55.1 Å². The van der Waals surface area contributed by atoms with Gasteiger partial charge >= 0.3 is 0 Å². The van der Waals surface area contributed by atoms with Gasteiger partial charge in [-0.05, 0) is 90.5 Å². The van der Waals surface area contributed by atoms with Crippen LogP contribution in [0.3, 0.4) is 0 Å². The molecule has 3 heteroatoms. The van der Waals surface area contributed by atoms with E-state index in [0.29, 0.717) is 0 Å². The third-order valence-corrected chi connectivity index (χ3v) is 9.81. The quantitative estimate of drug-likeness (QED) is 0.177. The molecule has 2 N–H and O–H groups in total. The van der Waals surface area contributed by atoms with Gasteiger partial charge in [-0.3, -0.25) is 4.99 Å². The summed E-state index contributed by atoms with van der Waals surface area (Å²) in [6.45, 7) is 0.852. The van der Waals surface area contributed by atoms with Crippen molar-refractivity contribution in [3.05, 3.63) is 204 Å². The van der Waals surface area contributed by atoms with E-state index >= 15 is 0 Å². The molecule has 50 heavy (non-hydrogen) atoms. The first kappa shape index (κ1) is 29.7. The van der Waals surface area contributed by atoms with Gasteiger partial charge < -0.3 is 10.6 Å². The molecule has 0 fully saturated rings. The van der Waals surface area contributed by atoms with Gasteiger partial charge in [-0.1, -0.05) is 158 Å². The van der Waals surface area contributed by atoms with Crippen LogP contribution in [-0.2, 0) is 0 Å². The molecule has 0 saturated carbocycles. The summed E-state index contributed by atoms with van der Waals surface area (Å²) in [4.78, 5) is 5.39. The van der Waals surface area contributed by atoms with Crippen LogP contribution in [0.1, 0.15) is 28.4 Å². The van der Waals surface area contributed by atoms with Crippen molar-refractivity contribution in [3.63, 3.8) is 0 Å². The van der Waals surface area contributed by atoms with Gasteiger partial charge in [0.1, 0.15) is 6.17 Å². The van der Waals surface area contributed by atoms with Crippen molar-refractivity contribution in [1.29, 1.82) is 0 Å². The maximum absolute atomic E-state index is 5.39. The maximum Gasteiger partial charge on any atom is 0.146 e. The molecule has 7 aromatic carbocycles. The normalized spacial score (nSPS) is 15.5. The second-order valence-electron chi connectivity index (χ2n) is 12.9. The number of nitrogens with one attached hydrogen (secondary N) is 2. The number of allylic oxidation sites excluding steroid dienone is 3. The highest BCUT2D eigenvalue weighted by Crippen LogP contribution is 2.36. The second kappa shape index (κ2) is 12.9. The molecule has 2 heterocycles. The minimum absolute atomic E-state index is 0.265. The number of dihydropyridines is 1. The first-order valence-electron chi connectivity index (χ1n) is 17.2. The highest BCUT2D eigenvalue weighted by Gasteiger charge is 2.22. The van der Waals surface area contributed by atoms with Gasteiger partial charge in [0, 0.05) is 17.8 Å². The topological polar surface area (TPSA) is 36.4 Å². The Morgan fingerprint density at radius 3 is 1.74 bits per heavy atom. The number of rotatable bonds is 6. The van der Waals surface area contributed by atoms with Crippen LogP contribution in [-0.4, -0.2) is 12.3 Å². The van der Waals surface area contributed by atoms with Crippen molar-refractivity contribution in [2.45, 2.75) is 6.17 Å². The summed E-state index contributed by atoms with van der Waals surface area (Å²) in [5.74, 6) is 0. The first-order valence-corrected chi connectivity index (χ1v) is 17.2. The van der Waals surface area contributed by atoms with Crippen molar-refractivity contribution in [2.24, 2.45) is 4.99 Å². The number of hydrogen-bond acceptors (Lipinski definition) is 3. The van der Waals surface area contributed by atoms with Gasteiger partial charge in [-0.25, -0.2) is 0 Å². The fraction of sp³-hybridized carbons (Fsp3) is 0.0426. The molecular formula is C47H35N3. The van der Waals surface area contributed by atoms with E-state index in [1.54, 1.807) is 0 Å². The van der Waals surface area contributed by atoms with Gasteiger partial charge in [0.05, 0.1) is 5.71 Å². The van der Waals surface area contributed by atoms with Crippen LogP contribution in [0, 0.1) is 0 Å². The fourth-order valence-electron chi connectivity index (χ4n) is 7.16. The molecule has 9 rings (SSSR count). The molecule has 3 nitrogen and oxygen atoms in total. The lowest BCUT2D eigenvalue weighted by molar-refractivity contribution is 0.670. The summed E-state index contributed by atoms with van der Waals surface area (Å²) in [7, 11) is 0. The number of nitrogens with zero attached hydrogens (tertiary/aromatic N) is 1. The second-order valence-corrected chi connectivity index (χ2v) is 12.9. The molecule has 2 aliphatic rings. The van der Waals surface area contributed by atoms with Crippen molar-refractivity contribution in [2.75, 3.05) is 6.54 Å². The molecular weight excluding hydrogens is 607 g/mol. The number of fused-ring (bicyclic) bond motifs is 3. The molecule has 238 valence electrons. The highest BCUT2D eigenvalue weighted by molar-refractivity contribution is 6.14. The zero-order valence-corrected chi connectivity index (χ0v) is 27.6. The van der Waals surface area contributed by atoms with Crippen LogP contribution >= 0.6 is 0 Å². The zero-order valence-electron chi connectivity index (χ0n) is 27.6. The van der Waals surface area contributed by atoms with Crippen LogP contribution in [0.4, 0.5) is 0 Å². The average Bonchev–Trinajstić information content (AvgIpc) is 3.21. The van der Waals surface area contributed by atoms with E-state index in [2.05, 4.69) is 187 Å². The lowest BCUT2D eigenvalue weighted by atomic mass is 9.94. The molecule has 1 atom stereocenters. The zero-order chi connectivity index (χ0) is 33.3. The van der Waals surface area contributed by atoms with Crippen LogP contribution in [0.15, 0.2) is 187 Å². The standard InChI is InChI=1S/C47H35N3/c1-2-9-32(10-3-1)33-20-24-37(25-21-33)45-30-46(38-26-22-35(23-27-38)34-16-18-36(19-17-34)40-12-8-28-48-31-40)50-47(49-45)44-29-39-11-4-5-13-41(39)42-14-6-7-15-43(42)44/h1-30,47-48,50H,31H2. The Kier molecular flexibility index (Phi) is 7.64. The smallest absolute Gasteiger partial charge is 0.146 e. The molecule has 0 aliphatic carbocycles. The minimum Gasteiger partial charge on any atom is -0.387 e. The first-order chi connectivity index (χ1) is 24.8. The SMILES string of the molecule is C1=CNCC(c2ccc(-c3ccc(C4=CC(c5ccc(-c6ccccc6)cc5)=NC(c5cc6ccccc6c6ccccc56)N4)cc3)cc2)=C1. The number of aliphatic imine (C=N–C) groups is 1. The predicted molar refractivity (Wildman–Crippen MR) is 211 cm³/mol. The molecule has 7 aromatic rings. The summed E-state index contributed by atoms with van der Waals surface area (Å²) >= 11 is 0. The molecule has 0 amide bonds. The van der Waals surface area contributed by atoms with E-state index in [-0.39, 0.29) is 6.17 Å². The Labute approximate surface area is 292 Å². The summed E-state index contributed by atoms with van der Waals surface area (Å²) in [6.07, 6.45) is 8.15. The molecule has 0 bridgehead atoms. The van der Waals surface area contributed by atoms with E-state index in [1.165, 1.54) is 60.5 Å². The molecule has 0 spiro atoms. The third-order valence-electron chi connectivity index (χ3n) is 9.81. The Bertz CT molecular complexity index is 2470. The van der Waals surface area contributed by atoms with Gasteiger partial charge in [0.25, 0.3) is 0 Å². The lowest BCUT2D eigenvalue weighted by Crippen LogP contribution is -2.25. The maximum atomic E-state index is 5.39. The average molecular weight is 642 g/mol. The monoisotopic (exact) mass is 641 g/mol. The van der Waals surface area contributed by atoms with E-state index in [1.807, 2.05) is 6.20 Å². The molecule has 2 aliphatic heterocycles. The third kappa shape index (κ3) is 5.69. The summed E-state index contributed by atoms with van der Waals surface area (Å²) in [5.41, 5.74) is 12.7. The predicted octanol–water partition coefficient (Wildman–Crippen LogP) is 11.0. The van der Waals surface area contributed by atoms with Crippen LogP contribution in [0.2, 0.25) is 0 Å². The summed E-state index contributed by atoms with van der Waals surface area (Å²) in [6, 6.07) is 56.7. The molecule has 0 aromatic heterocycles. The molecule has 0 radical (unpaired) electrons. The fourth-order valence-corrected chi connectivity index (χ4v) is 7.16. The van der Waals surface area contributed by atoms with Gasteiger partial charge in [-0.15, -0.1) is 0 Å². The van der Waals surface area contributed by atoms with Crippen molar-refractivity contribution >= 4 is 38.5 Å². The molecule has 0 saturated heterocycles. The number of hydrogen-bond donors (Lipinski definition) is 2. The number of benzene rings is 7. The molecule has 1 unspecified atom stereocenters. The van der Waals surface area contributed by atoms with E-state index < -0.39 is 0 Å². The van der Waals surface area contributed by atoms with Crippen molar-refractivity contribution in [3.8, 4) is 22.3 Å². The Hall–Kier alpha value is -6.45. The van der Waals surface area contributed by atoms with Gasteiger partial charge in [-0.2, -0.15) is 0 Å². The van der Waals surface area contributed by atoms with E-state index in [9.17, 15) is 0 Å². The van der Waals surface area contributed by atoms with E-state index in [0.717, 1.165) is 29.1 Å². The largest absolute Gasteiger partial charge is 0.387 e. The van der Waals surface area contributed by atoms with Gasteiger partial charge in [0.15, 0.2) is 0 Å². The van der Waals surface area contributed by atoms with Crippen LogP contribution in [0.5, 0.6) is 0 Å². The summed E-state index contributed by atoms with van der Waals surface area (Å²) < 4.78 is 0. The van der Waals surface area contributed by atoms with Crippen LogP contribution < -0.4 is 10.6 Å². The Balaban J connectivity index is 1.10. The Morgan fingerprint density at radius 1 is 0.500 bits per heavy atom. The minimum atomic E-state index is -0.265. The van der Waals surface area contributed by atoms with Crippen molar-refractivity contribution < 1.29 is 0 Å². The Morgan fingerprint density at radius 2 is 1.06 bits per heavy atom. The van der Waals surface area contributed by atoms with Gasteiger partial charge in [0.2, 0.25) is 0 Å². The summed E-state index contributed by atoms with van der Waals surface area (Å²) in [5, 5.41) is 12.1. The van der Waals surface area contributed by atoms with Crippen molar-refractivity contribution in [1.82, 2.24) is 10.6 Å².